The highest BCUT2D eigenvalue weighted by atomic mass is 16.5. The summed E-state index contributed by atoms with van der Waals surface area (Å²) in [6.45, 7) is 1.61. The van der Waals surface area contributed by atoms with Gasteiger partial charge in [-0.05, 0) is 30.5 Å². The molecule has 22 heavy (non-hydrogen) atoms. The van der Waals surface area contributed by atoms with Gasteiger partial charge in [-0.2, -0.15) is 4.98 Å². The largest absolute Gasteiger partial charge is 0.478 e. The van der Waals surface area contributed by atoms with Gasteiger partial charge in [0.05, 0.1) is 12.1 Å². The molecule has 3 rings (SSSR count). The van der Waals surface area contributed by atoms with E-state index in [0.717, 1.165) is 30.6 Å². The molecule has 0 amide bonds. The van der Waals surface area contributed by atoms with E-state index < -0.39 is 5.97 Å². The van der Waals surface area contributed by atoms with E-state index >= 15 is 0 Å². The number of carbonyl (C=O) groups is 1. The molecular formula is C15H17N3O4. The molecular weight excluding hydrogens is 286 g/mol. The maximum Gasteiger partial charge on any atom is 0.336 e. The Hall–Kier alpha value is -2.41. The Bertz CT molecular complexity index is 683. The van der Waals surface area contributed by atoms with Crippen LogP contribution in [0.25, 0.3) is 0 Å². The van der Waals surface area contributed by atoms with Crippen LogP contribution in [0.3, 0.4) is 0 Å². The van der Waals surface area contributed by atoms with Gasteiger partial charge in [0.15, 0.2) is 5.82 Å². The molecule has 7 heteroatoms. The van der Waals surface area contributed by atoms with Gasteiger partial charge in [0.2, 0.25) is 5.89 Å². The van der Waals surface area contributed by atoms with E-state index in [2.05, 4.69) is 15.0 Å². The summed E-state index contributed by atoms with van der Waals surface area (Å²) in [4.78, 5) is 17.7. The lowest BCUT2D eigenvalue weighted by molar-refractivity contribution is 0.0695. The molecule has 1 aromatic heterocycles. The highest BCUT2D eigenvalue weighted by Crippen LogP contribution is 2.30. The Morgan fingerprint density at radius 2 is 2.36 bits per heavy atom. The third-order valence-corrected chi connectivity index (χ3v) is 3.69. The lowest BCUT2D eigenvalue weighted by Gasteiger charge is -2.30. The van der Waals surface area contributed by atoms with Crippen LogP contribution >= 0.6 is 0 Å². The molecule has 2 aromatic rings. The normalized spacial score (nSPS) is 14.0. The van der Waals surface area contributed by atoms with Crippen molar-refractivity contribution in [2.45, 2.75) is 26.0 Å². The van der Waals surface area contributed by atoms with Gasteiger partial charge in [-0.15, -0.1) is 0 Å². The molecule has 1 aromatic carbocycles. The average Bonchev–Trinajstić information content (AvgIpc) is 2.94. The van der Waals surface area contributed by atoms with Crippen molar-refractivity contribution in [3.05, 3.63) is 41.0 Å². The molecule has 1 aliphatic heterocycles. The second-order valence-corrected chi connectivity index (χ2v) is 5.17. The SMILES string of the molecule is COCc1noc(CN2CCCc3c(C(=O)O)cccc32)n1. The van der Waals surface area contributed by atoms with E-state index in [1.807, 2.05) is 6.07 Å². The van der Waals surface area contributed by atoms with Crippen LogP contribution in [-0.2, 0) is 24.3 Å². The Kier molecular flexibility index (Phi) is 4.06. The number of fused-ring (bicyclic) bond motifs is 1. The van der Waals surface area contributed by atoms with E-state index in [9.17, 15) is 9.90 Å². The average molecular weight is 303 g/mol. The summed E-state index contributed by atoms with van der Waals surface area (Å²) in [5, 5.41) is 13.1. The monoisotopic (exact) mass is 303 g/mol. The van der Waals surface area contributed by atoms with Crippen LogP contribution < -0.4 is 4.90 Å². The molecule has 0 radical (unpaired) electrons. The van der Waals surface area contributed by atoms with Crippen molar-refractivity contribution in [3.63, 3.8) is 0 Å². The van der Waals surface area contributed by atoms with Crippen molar-refractivity contribution in [1.82, 2.24) is 10.1 Å². The van der Waals surface area contributed by atoms with E-state index in [1.54, 1.807) is 19.2 Å². The number of nitrogens with zero attached hydrogens (tertiary/aromatic N) is 3. The summed E-state index contributed by atoms with van der Waals surface area (Å²) < 4.78 is 10.2. The summed E-state index contributed by atoms with van der Waals surface area (Å²) in [5.74, 6) is 0.119. The first-order chi connectivity index (χ1) is 10.7. The third kappa shape index (κ3) is 2.80. The first-order valence-electron chi connectivity index (χ1n) is 7.09. The van der Waals surface area contributed by atoms with E-state index in [-0.39, 0.29) is 0 Å². The van der Waals surface area contributed by atoms with Crippen LogP contribution in [0.15, 0.2) is 22.7 Å². The number of benzene rings is 1. The third-order valence-electron chi connectivity index (χ3n) is 3.69. The number of ether oxygens (including phenoxy) is 1. The number of aromatic nitrogens is 2. The molecule has 1 N–H and O–H groups in total. The fraction of sp³-hybridized carbons (Fsp3) is 0.400. The second-order valence-electron chi connectivity index (χ2n) is 5.17. The Morgan fingerprint density at radius 3 is 3.14 bits per heavy atom. The number of methoxy groups -OCH3 is 1. The highest BCUT2D eigenvalue weighted by Gasteiger charge is 2.23. The lowest BCUT2D eigenvalue weighted by atomic mass is 9.96. The fourth-order valence-electron chi connectivity index (χ4n) is 2.77. The van der Waals surface area contributed by atoms with Crippen molar-refractivity contribution in [1.29, 1.82) is 0 Å². The van der Waals surface area contributed by atoms with Gasteiger partial charge in [-0.25, -0.2) is 4.79 Å². The van der Waals surface area contributed by atoms with Gasteiger partial charge < -0.3 is 19.3 Å². The zero-order valence-corrected chi connectivity index (χ0v) is 12.3. The molecule has 0 saturated carbocycles. The molecule has 1 aliphatic rings. The first kappa shape index (κ1) is 14.5. The van der Waals surface area contributed by atoms with Crippen molar-refractivity contribution in [3.8, 4) is 0 Å². The van der Waals surface area contributed by atoms with Gasteiger partial charge in [-0.1, -0.05) is 11.2 Å². The predicted molar refractivity (Wildman–Crippen MR) is 77.8 cm³/mol. The van der Waals surface area contributed by atoms with E-state index in [0.29, 0.717) is 30.4 Å². The molecule has 7 nitrogen and oxygen atoms in total. The molecule has 0 bridgehead atoms. The minimum atomic E-state index is -0.890. The van der Waals surface area contributed by atoms with Gasteiger partial charge in [-0.3, -0.25) is 0 Å². The standard InChI is InChI=1S/C15H17N3O4/c1-21-9-13-16-14(22-17-13)8-18-7-3-5-10-11(15(19)20)4-2-6-12(10)18/h2,4,6H,3,5,7-9H2,1H3,(H,19,20). The van der Waals surface area contributed by atoms with Crippen LogP contribution in [0.4, 0.5) is 5.69 Å². The molecule has 0 unspecified atom stereocenters. The number of hydrogen-bond donors (Lipinski definition) is 1. The fourth-order valence-corrected chi connectivity index (χ4v) is 2.77. The van der Waals surface area contributed by atoms with Gasteiger partial charge in [0.1, 0.15) is 6.61 Å². The minimum absolute atomic E-state index is 0.309. The smallest absolute Gasteiger partial charge is 0.336 e. The zero-order valence-electron chi connectivity index (χ0n) is 12.3. The molecule has 0 fully saturated rings. The molecule has 0 spiro atoms. The molecule has 0 atom stereocenters. The predicted octanol–water partition coefficient (Wildman–Crippen LogP) is 1.87. The van der Waals surface area contributed by atoms with E-state index in [4.69, 9.17) is 9.26 Å². The van der Waals surface area contributed by atoms with Crippen LogP contribution in [0.5, 0.6) is 0 Å². The number of hydrogen-bond acceptors (Lipinski definition) is 6. The topological polar surface area (TPSA) is 88.7 Å². The Labute approximate surface area is 127 Å². The summed E-state index contributed by atoms with van der Waals surface area (Å²) in [5.41, 5.74) is 2.17. The molecule has 116 valence electrons. The highest BCUT2D eigenvalue weighted by molar-refractivity contribution is 5.91. The second kappa shape index (κ2) is 6.15. The maximum absolute atomic E-state index is 11.3. The van der Waals surface area contributed by atoms with Gasteiger partial charge in [0, 0.05) is 19.3 Å². The molecule has 0 saturated heterocycles. The molecule has 2 heterocycles. The Morgan fingerprint density at radius 1 is 1.50 bits per heavy atom. The summed E-state index contributed by atoms with van der Waals surface area (Å²) in [7, 11) is 1.57. The minimum Gasteiger partial charge on any atom is -0.478 e. The number of anilines is 1. The van der Waals surface area contributed by atoms with Crippen molar-refractivity contribution >= 4 is 11.7 Å². The van der Waals surface area contributed by atoms with Crippen LogP contribution in [0.1, 0.15) is 34.1 Å². The first-order valence-corrected chi connectivity index (χ1v) is 7.09. The van der Waals surface area contributed by atoms with E-state index in [1.165, 1.54) is 0 Å². The maximum atomic E-state index is 11.3. The van der Waals surface area contributed by atoms with Crippen LogP contribution in [0.2, 0.25) is 0 Å². The number of carboxylic acid groups (broad SMARTS) is 1. The Balaban J connectivity index is 1.85. The van der Waals surface area contributed by atoms with Gasteiger partial charge >= 0.3 is 5.97 Å². The van der Waals surface area contributed by atoms with Crippen molar-refractivity contribution in [2.24, 2.45) is 0 Å². The summed E-state index contributed by atoms with van der Waals surface area (Å²) in [6, 6.07) is 5.35. The summed E-state index contributed by atoms with van der Waals surface area (Å²) >= 11 is 0. The van der Waals surface area contributed by atoms with Gasteiger partial charge in [0.25, 0.3) is 0 Å². The zero-order chi connectivity index (χ0) is 15.5. The molecule has 0 aliphatic carbocycles. The van der Waals surface area contributed by atoms with Crippen LogP contribution in [-0.4, -0.2) is 34.9 Å². The quantitative estimate of drug-likeness (QED) is 0.901. The van der Waals surface area contributed by atoms with Crippen molar-refractivity contribution in [2.75, 3.05) is 18.6 Å². The number of aromatic carboxylic acids is 1. The number of carboxylic acids is 1. The lowest BCUT2D eigenvalue weighted by Crippen LogP contribution is -2.30. The summed E-state index contributed by atoms with van der Waals surface area (Å²) in [6.07, 6.45) is 1.67. The van der Waals surface area contributed by atoms with Crippen LogP contribution in [0, 0.1) is 0 Å². The number of rotatable bonds is 5. The van der Waals surface area contributed by atoms with Crippen molar-refractivity contribution < 1.29 is 19.2 Å².